The van der Waals surface area contributed by atoms with Gasteiger partial charge in [-0.3, -0.25) is 4.90 Å². The van der Waals surface area contributed by atoms with E-state index in [1.54, 1.807) is 0 Å². The highest BCUT2D eigenvalue weighted by atomic mass is 32.1. The van der Waals surface area contributed by atoms with Crippen LogP contribution in [-0.4, -0.2) is 34.6 Å². The Bertz CT molecular complexity index is 281. The van der Waals surface area contributed by atoms with Crippen LogP contribution in [0.25, 0.3) is 0 Å². The van der Waals surface area contributed by atoms with E-state index in [-0.39, 0.29) is 0 Å². The van der Waals surface area contributed by atoms with Gasteiger partial charge in [-0.15, -0.1) is 5.10 Å². The van der Waals surface area contributed by atoms with Crippen molar-refractivity contribution in [2.45, 2.75) is 25.4 Å². The number of hydrogen-bond acceptors (Lipinski definition) is 5. The Hall–Kier alpha value is -0.680. The van der Waals surface area contributed by atoms with Gasteiger partial charge in [0.2, 0.25) is 0 Å². The number of nitrogens with one attached hydrogen (secondary N) is 1. The molecule has 13 heavy (non-hydrogen) atoms. The standard InChI is InChI=1S/C8H14N4S/c1-9-8-7(10-11-13-8)5-12(2)6-3-4-6/h6,9H,3-5H2,1-2H3. The third kappa shape index (κ3) is 1.97. The molecule has 0 unspecified atom stereocenters. The summed E-state index contributed by atoms with van der Waals surface area (Å²) in [5.41, 5.74) is 1.07. The molecule has 1 aromatic rings. The summed E-state index contributed by atoms with van der Waals surface area (Å²) >= 11 is 1.42. The zero-order valence-corrected chi connectivity index (χ0v) is 8.77. The van der Waals surface area contributed by atoms with E-state index in [0.717, 1.165) is 23.3 Å². The van der Waals surface area contributed by atoms with E-state index >= 15 is 0 Å². The van der Waals surface area contributed by atoms with E-state index < -0.39 is 0 Å². The van der Waals surface area contributed by atoms with Crippen LogP contribution in [-0.2, 0) is 6.54 Å². The van der Waals surface area contributed by atoms with E-state index in [1.807, 2.05) is 7.05 Å². The van der Waals surface area contributed by atoms with Crippen LogP contribution in [0, 0.1) is 0 Å². The minimum absolute atomic E-state index is 0.784. The van der Waals surface area contributed by atoms with Gasteiger partial charge in [0.25, 0.3) is 0 Å². The number of nitrogens with zero attached hydrogens (tertiary/aromatic N) is 3. The third-order valence-electron chi connectivity index (χ3n) is 2.35. The van der Waals surface area contributed by atoms with Gasteiger partial charge in [-0.25, -0.2) is 0 Å². The van der Waals surface area contributed by atoms with Gasteiger partial charge in [0.15, 0.2) is 0 Å². The third-order valence-corrected chi connectivity index (χ3v) is 3.14. The van der Waals surface area contributed by atoms with E-state index in [9.17, 15) is 0 Å². The molecule has 1 heterocycles. The molecule has 1 fully saturated rings. The summed E-state index contributed by atoms with van der Waals surface area (Å²) in [4.78, 5) is 2.34. The van der Waals surface area contributed by atoms with Crippen molar-refractivity contribution < 1.29 is 0 Å². The minimum atomic E-state index is 0.784. The Morgan fingerprint density at radius 1 is 1.62 bits per heavy atom. The number of anilines is 1. The van der Waals surface area contributed by atoms with Gasteiger partial charge in [0, 0.05) is 31.2 Å². The summed E-state index contributed by atoms with van der Waals surface area (Å²) in [5.74, 6) is 0. The average Bonchev–Trinajstić information content (AvgIpc) is 2.88. The smallest absolute Gasteiger partial charge is 0.134 e. The molecule has 0 bridgehead atoms. The highest BCUT2D eigenvalue weighted by molar-refractivity contribution is 7.10. The molecule has 1 saturated carbocycles. The fraction of sp³-hybridized carbons (Fsp3) is 0.750. The van der Waals surface area contributed by atoms with Crippen molar-refractivity contribution in [1.82, 2.24) is 14.5 Å². The van der Waals surface area contributed by atoms with Crippen LogP contribution >= 0.6 is 11.5 Å². The molecule has 1 N–H and O–H groups in total. The van der Waals surface area contributed by atoms with E-state index in [1.165, 1.54) is 24.4 Å². The second-order valence-corrected chi connectivity index (χ2v) is 4.20. The monoisotopic (exact) mass is 198 g/mol. The fourth-order valence-corrected chi connectivity index (χ4v) is 1.91. The van der Waals surface area contributed by atoms with Crippen molar-refractivity contribution in [3.05, 3.63) is 5.69 Å². The summed E-state index contributed by atoms with van der Waals surface area (Å²) < 4.78 is 3.93. The summed E-state index contributed by atoms with van der Waals surface area (Å²) in [6.45, 7) is 0.914. The van der Waals surface area contributed by atoms with Crippen LogP contribution in [0.3, 0.4) is 0 Å². The maximum Gasteiger partial charge on any atom is 0.134 e. The molecule has 1 aliphatic carbocycles. The normalized spacial score (nSPS) is 16.5. The second-order valence-electron chi connectivity index (χ2n) is 3.45. The molecular weight excluding hydrogens is 184 g/mol. The lowest BCUT2D eigenvalue weighted by Gasteiger charge is -2.13. The van der Waals surface area contributed by atoms with Crippen molar-refractivity contribution >= 4 is 16.5 Å². The zero-order chi connectivity index (χ0) is 9.26. The Balaban J connectivity index is 1.99. The molecular formula is C8H14N4S. The van der Waals surface area contributed by atoms with Crippen LogP contribution < -0.4 is 5.32 Å². The highest BCUT2D eigenvalue weighted by Gasteiger charge is 2.27. The Morgan fingerprint density at radius 2 is 2.38 bits per heavy atom. The average molecular weight is 198 g/mol. The Labute approximate surface area is 82.1 Å². The lowest BCUT2D eigenvalue weighted by atomic mass is 10.4. The van der Waals surface area contributed by atoms with Gasteiger partial charge in [-0.1, -0.05) is 4.49 Å². The van der Waals surface area contributed by atoms with Crippen molar-refractivity contribution in [3.8, 4) is 0 Å². The maximum absolute atomic E-state index is 4.10. The molecule has 4 nitrogen and oxygen atoms in total. The molecule has 1 aromatic heterocycles. The lowest BCUT2D eigenvalue weighted by molar-refractivity contribution is 0.313. The maximum atomic E-state index is 4.10. The molecule has 0 saturated heterocycles. The zero-order valence-electron chi connectivity index (χ0n) is 7.95. The SMILES string of the molecule is CNc1snnc1CN(C)C1CC1. The minimum Gasteiger partial charge on any atom is -0.377 e. The van der Waals surface area contributed by atoms with Crippen molar-refractivity contribution in [1.29, 1.82) is 0 Å². The highest BCUT2D eigenvalue weighted by Crippen LogP contribution is 2.28. The van der Waals surface area contributed by atoms with Crippen molar-refractivity contribution in [3.63, 3.8) is 0 Å². The molecule has 2 rings (SSSR count). The molecule has 1 aliphatic rings. The first kappa shape index (κ1) is 8.90. The quantitative estimate of drug-likeness (QED) is 0.788. The summed E-state index contributed by atoms with van der Waals surface area (Å²) in [6.07, 6.45) is 2.67. The van der Waals surface area contributed by atoms with Gasteiger partial charge < -0.3 is 5.32 Å². The van der Waals surface area contributed by atoms with Crippen LogP contribution in [0.4, 0.5) is 5.00 Å². The molecule has 0 aliphatic heterocycles. The first-order valence-electron chi connectivity index (χ1n) is 4.50. The predicted molar refractivity (Wildman–Crippen MR) is 53.9 cm³/mol. The van der Waals surface area contributed by atoms with Gasteiger partial charge in [0.05, 0.1) is 0 Å². The topological polar surface area (TPSA) is 41.1 Å². The van der Waals surface area contributed by atoms with Gasteiger partial charge in [-0.05, 0) is 19.9 Å². The van der Waals surface area contributed by atoms with Crippen molar-refractivity contribution in [2.24, 2.45) is 0 Å². The molecule has 0 atom stereocenters. The van der Waals surface area contributed by atoms with E-state index in [0.29, 0.717) is 0 Å². The number of rotatable bonds is 4. The summed E-state index contributed by atoms with van der Waals surface area (Å²) in [6, 6.07) is 0.784. The Kier molecular flexibility index (Phi) is 2.46. The molecule has 0 amide bonds. The molecule has 0 radical (unpaired) electrons. The van der Waals surface area contributed by atoms with Crippen LogP contribution in [0.15, 0.2) is 0 Å². The Morgan fingerprint density at radius 3 is 3.00 bits per heavy atom. The van der Waals surface area contributed by atoms with Gasteiger partial charge >= 0.3 is 0 Å². The predicted octanol–water partition coefficient (Wildman–Crippen LogP) is 1.17. The first-order valence-corrected chi connectivity index (χ1v) is 5.28. The molecule has 5 heteroatoms. The van der Waals surface area contributed by atoms with Crippen molar-refractivity contribution in [2.75, 3.05) is 19.4 Å². The van der Waals surface area contributed by atoms with Crippen LogP contribution in [0.5, 0.6) is 0 Å². The van der Waals surface area contributed by atoms with Crippen LogP contribution in [0.1, 0.15) is 18.5 Å². The van der Waals surface area contributed by atoms with Gasteiger partial charge in [0.1, 0.15) is 10.7 Å². The van der Waals surface area contributed by atoms with Crippen LogP contribution in [0.2, 0.25) is 0 Å². The van der Waals surface area contributed by atoms with E-state index in [4.69, 9.17) is 0 Å². The molecule has 72 valence electrons. The number of aromatic nitrogens is 2. The largest absolute Gasteiger partial charge is 0.377 e. The summed E-state index contributed by atoms with van der Waals surface area (Å²) in [5, 5.41) is 8.30. The molecule has 0 aromatic carbocycles. The summed E-state index contributed by atoms with van der Waals surface area (Å²) in [7, 11) is 4.06. The van der Waals surface area contributed by atoms with E-state index in [2.05, 4.69) is 26.9 Å². The first-order chi connectivity index (χ1) is 6.31. The fourth-order valence-electron chi connectivity index (χ4n) is 1.38. The molecule has 0 spiro atoms. The second kappa shape index (κ2) is 3.59. The number of hydrogen-bond donors (Lipinski definition) is 1. The lowest BCUT2D eigenvalue weighted by Crippen LogP contribution is -2.20. The van der Waals surface area contributed by atoms with Gasteiger partial charge in [-0.2, -0.15) is 0 Å².